The molecule has 0 unspecified atom stereocenters. The van der Waals surface area contributed by atoms with E-state index in [0.29, 0.717) is 5.91 Å². The lowest BCUT2D eigenvalue weighted by Crippen LogP contribution is -2.45. The largest absolute Gasteiger partial charge is 0.463 e. The summed E-state index contributed by atoms with van der Waals surface area (Å²) in [6.07, 6.45) is 7.22. The summed E-state index contributed by atoms with van der Waals surface area (Å²) in [6, 6.07) is 14.2. The van der Waals surface area contributed by atoms with Crippen molar-refractivity contribution in [3.8, 4) is 11.5 Å². The Morgan fingerprint density at radius 2 is 1.69 bits per heavy atom. The van der Waals surface area contributed by atoms with Crippen LogP contribution in [0.25, 0.3) is 22.7 Å². The van der Waals surface area contributed by atoms with E-state index in [9.17, 15) is 4.79 Å². The fourth-order valence-electron chi connectivity index (χ4n) is 6.02. The fourth-order valence-corrected chi connectivity index (χ4v) is 6.02. The zero-order valence-electron chi connectivity index (χ0n) is 22.9. The molecular weight excluding hydrogens is 490 g/mol. The Kier molecular flexibility index (Phi) is 7.43. The number of furan rings is 1. The van der Waals surface area contributed by atoms with Gasteiger partial charge in [0, 0.05) is 37.4 Å². The van der Waals surface area contributed by atoms with E-state index < -0.39 is 0 Å². The summed E-state index contributed by atoms with van der Waals surface area (Å²) in [5, 5.41) is 0. The number of rotatable bonds is 7. The molecule has 204 valence electrons. The number of hydrogen-bond donors (Lipinski definition) is 0. The predicted molar refractivity (Wildman–Crippen MR) is 150 cm³/mol. The van der Waals surface area contributed by atoms with Gasteiger partial charge in [-0.15, -0.1) is 0 Å². The first-order valence-electron chi connectivity index (χ1n) is 14.0. The molecule has 1 amide bonds. The minimum absolute atomic E-state index is 0.110. The Morgan fingerprint density at radius 3 is 2.44 bits per heavy atom. The van der Waals surface area contributed by atoms with E-state index in [1.807, 2.05) is 50.6 Å². The summed E-state index contributed by atoms with van der Waals surface area (Å²) in [6.45, 7) is 5.00. The lowest BCUT2D eigenvalue weighted by Gasteiger charge is -2.37. The molecule has 0 saturated carbocycles. The first kappa shape index (κ1) is 25.7. The Labute approximate surface area is 229 Å². The number of nitrogens with zero attached hydrogens (tertiary/aromatic N) is 7. The molecule has 4 aromatic rings. The third-order valence-corrected chi connectivity index (χ3v) is 7.99. The molecule has 6 heterocycles. The van der Waals surface area contributed by atoms with Crippen LogP contribution < -0.4 is 0 Å². The second kappa shape index (κ2) is 11.3. The lowest BCUT2D eigenvalue weighted by molar-refractivity contribution is -0.138. The monoisotopic (exact) mass is 527 g/mol. The van der Waals surface area contributed by atoms with Gasteiger partial charge in [0.2, 0.25) is 5.91 Å². The highest BCUT2D eigenvalue weighted by Crippen LogP contribution is 2.33. The highest BCUT2D eigenvalue weighted by molar-refractivity contribution is 5.79. The Hall–Kier alpha value is -3.56. The van der Waals surface area contributed by atoms with Crippen LogP contribution in [0.1, 0.15) is 43.2 Å². The van der Waals surface area contributed by atoms with Gasteiger partial charge in [-0.25, -0.2) is 9.97 Å². The molecule has 2 aliphatic heterocycles. The number of aromatic nitrogens is 4. The summed E-state index contributed by atoms with van der Waals surface area (Å²) >= 11 is 0. The van der Waals surface area contributed by atoms with E-state index in [1.165, 1.54) is 0 Å². The van der Waals surface area contributed by atoms with E-state index in [1.54, 1.807) is 6.20 Å². The van der Waals surface area contributed by atoms with Crippen LogP contribution >= 0.6 is 0 Å². The van der Waals surface area contributed by atoms with Gasteiger partial charge in [0.25, 0.3) is 0 Å². The molecule has 2 fully saturated rings. The molecule has 0 radical (unpaired) electrons. The van der Waals surface area contributed by atoms with Crippen LogP contribution in [0.15, 0.2) is 59.3 Å². The lowest BCUT2D eigenvalue weighted by atomic mass is 9.93. The fraction of sp³-hybridized carbons (Fsp3) is 0.467. The molecule has 9 heteroatoms. The van der Waals surface area contributed by atoms with Crippen molar-refractivity contribution < 1.29 is 9.21 Å². The number of carbonyl (C=O) groups excluding carboxylic acids is 1. The molecule has 2 aliphatic rings. The topological polar surface area (TPSA) is 83.5 Å². The van der Waals surface area contributed by atoms with Crippen molar-refractivity contribution in [3.05, 3.63) is 66.4 Å². The van der Waals surface area contributed by atoms with Crippen molar-refractivity contribution in [1.82, 2.24) is 34.2 Å². The standard InChI is InChI=1S/C30H37N7O2/c1-34(2)20-24-8-9-25(39-24)21-35-16-10-22(11-17-35)30(38)36-18-12-23(13-19-36)37-28-27(7-5-15-32-28)33-29(37)26-6-3-4-14-31-26/h3-9,14-15,22-23H,10-13,16-21H2,1-2H3. The number of pyridine rings is 2. The molecule has 0 spiro atoms. The van der Waals surface area contributed by atoms with Crippen molar-refractivity contribution >= 4 is 17.1 Å². The Balaban J connectivity index is 1.06. The van der Waals surface area contributed by atoms with E-state index in [2.05, 4.69) is 41.4 Å². The zero-order chi connectivity index (χ0) is 26.8. The maximum absolute atomic E-state index is 13.5. The smallest absolute Gasteiger partial charge is 0.225 e. The number of imidazole rings is 1. The highest BCUT2D eigenvalue weighted by atomic mass is 16.3. The van der Waals surface area contributed by atoms with Gasteiger partial charge >= 0.3 is 0 Å². The number of carbonyl (C=O) groups is 1. The number of likely N-dealkylation sites (tertiary alicyclic amines) is 2. The molecule has 2 saturated heterocycles. The molecule has 4 aromatic heterocycles. The van der Waals surface area contributed by atoms with Crippen LogP contribution in [-0.4, -0.2) is 80.4 Å². The highest BCUT2D eigenvalue weighted by Gasteiger charge is 2.33. The van der Waals surface area contributed by atoms with Crippen LogP contribution in [0.2, 0.25) is 0 Å². The van der Waals surface area contributed by atoms with Crippen LogP contribution in [0.3, 0.4) is 0 Å². The van der Waals surface area contributed by atoms with Gasteiger partial charge in [0.05, 0.1) is 13.1 Å². The Bertz CT molecular complexity index is 1400. The molecule has 0 atom stereocenters. The molecule has 6 rings (SSSR count). The van der Waals surface area contributed by atoms with Crippen molar-refractivity contribution in [3.63, 3.8) is 0 Å². The minimum Gasteiger partial charge on any atom is -0.463 e. The minimum atomic E-state index is 0.110. The van der Waals surface area contributed by atoms with Crippen LogP contribution in [0.5, 0.6) is 0 Å². The third-order valence-electron chi connectivity index (χ3n) is 7.99. The maximum Gasteiger partial charge on any atom is 0.225 e. The summed E-state index contributed by atoms with van der Waals surface area (Å²) in [7, 11) is 4.09. The molecule has 0 aromatic carbocycles. The first-order valence-corrected chi connectivity index (χ1v) is 14.0. The van der Waals surface area contributed by atoms with Crippen molar-refractivity contribution in [2.24, 2.45) is 5.92 Å². The van der Waals surface area contributed by atoms with Gasteiger partial charge in [-0.05, 0) is 89.3 Å². The first-order chi connectivity index (χ1) is 19.0. The predicted octanol–water partition coefficient (Wildman–Crippen LogP) is 4.22. The van der Waals surface area contributed by atoms with Gasteiger partial charge in [-0.3, -0.25) is 14.7 Å². The number of hydrogen-bond acceptors (Lipinski definition) is 7. The molecule has 0 N–H and O–H groups in total. The van der Waals surface area contributed by atoms with Gasteiger partial charge in [-0.2, -0.15) is 0 Å². The van der Waals surface area contributed by atoms with Crippen LogP contribution in [0, 0.1) is 5.92 Å². The SMILES string of the molecule is CN(C)Cc1ccc(CN2CCC(C(=O)N3CCC(n4c(-c5ccccn5)nc5cccnc54)CC3)CC2)o1. The van der Waals surface area contributed by atoms with E-state index in [0.717, 1.165) is 99.2 Å². The van der Waals surface area contributed by atoms with E-state index in [4.69, 9.17) is 9.40 Å². The molecule has 9 nitrogen and oxygen atoms in total. The zero-order valence-corrected chi connectivity index (χ0v) is 22.9. The van der Waals surface area contributed by atoms with Crippen LogP contribution in [0.4, 0.5) is 0 Å². The van der Waals surface area contributed by atoms with Crippen molar-refractivity contribution in [2.45, 2.75) is 44.8 Å². The average Bonchev–Trinajstić information content (AvgIpc) is 3.57. The quantitative estimate of drug-likeness (QED) is 0.356. The molecule has 0 bridgehead atoms. The number of fused-ring (bicyclic) bond motifs is 1. The van der Waals surface area contributed by atoms with Crippen LogP contribution in [-0.2, 0) is 17.9 Å². The van der Waals surface area contributed by atoms with Gasteiger partial charge < -0.3 is 18.8 Å². The second-order valence-corrected chi connectivity index (χ2v) is 11.1. The maximum atomic E-state index is 13.5. The summed E-state index contributed by atoms with van der Waals surface area (Å²) in [5.41, 5.74) is 2.62. The average molecular weight is 528 g/mol. The summed E-state index contributed by atoms with van der Waals surface area (Å²) in [5.74, 6) is 3.28. The molecule has 39 heavy (non-hydrogen) atoms. The van der Waals surface area contributed by atoms with Crippen molar-refractivity contribution in [1.29, 1.82) is 0 Å². The van der Waals surface area contributed by atoms with E-state index >= 15 is 0 Å². The number of piperidine rings is 2. The van der Waals surface area contributed by atoms with Gasteiger partial charge in [0.1, 0.15) is 22.7 Å². The number of amides is 1. The Morgan fingerprint density at radius 1 is 0.923 bits per heavy atom. The van der Waals surface area contributed by atoms with Gasteiger partial charge in [-0.1, -0.05) is 6.07 Å². The normalized spacial score (nSPS) is 17.9. The second-order valence-electron chi connectivity index (χ2n) is 11.1. The van der Waals surface area contributed by atoms with Crippen molar-refractivity contribution in [2.75, 3.05) is 40.3 Å². The van der Waals surface area contributed by atoms with Gasteiger partial charge in [0.15, 0.2) is 11.5 Å². The summed E-state index contributed by atoms with van der Waals surface area (Å²) < 4.78 is 8.24. The van der Waals surface area contributed by atoms with E-state index in [-0.39, 0.29) is 12.0 Å². The molecular formula is C30H37N7O2. The molecule has 0 aliphatic carbocycles. The summed E-state index contributed by atoms with van der Waals surface area (Å²) in [4.78, 5) is 34.2. The third kappa shape index (κ3) is 5.60.